The number of hydrogen-bond donors (Lipinski definition) is 3. The van der Waals surface area contributed by atoms with Crippen LogP contribution in [0.5, 0.6) is 5.75 Å². The number of ether oxygens (including phenoxy) is 1. The van der Waals surface area contributed by atoms with Crippen molar-refractivity contribution in [3.05, 3.63) is 55.2 Å². The average Bonchev–Trinajstić information content (AvgIpc) is 2.78. The molecular weight excluding hydrogens is 624 g/mol. The zero-order valence-electron chi connectivity index (χ0n) is 16.3. The Balaban J connectivity index is 1.59. The quantitative estimate of drug-likeness (QED) is 0.212. The molecule has 3 N–H and O–H groups in total. The Bertz CT molecular complexity index is 1080. The van der Waals surface area contributed by atoms with Gasteiger partial charge in [-0.15, -0.1) is 0 Å². The maximum Gasteiger partial charge on any atom is 0.250 e. The molecule has 9 nitrogen and oxygen atoms in total. The van der Waals surface area contributed by atoms with Gasteiger partial charge in [0.15, 0.2) is 0 Å². The second kappa shape index (κ2) is 10.4. The number of aromatic nitrogens is 3. The number of hydrogen-bond acceptors (Lipinski definition) is 9. The Morgan fingerprint density at radius 2 is 1.77 bits per heavy atom. The van der Waals surface area contributed by atoms with Crippen molar-refractivity contribution in [1.29, 1.82) is 0 Å². The Morgan fingerprint density at radius 3 is 2.55 bits per heavy atom. The van der Waals surface area contributed by atoms with Gasteiger partial charge in [-0.3, -0.25) is 0 Å². The number of para-hydroxylation sites is 1. The van der Waals surface area contributed by atoms with E-state index in [4.69, 9.17) is 4.74 Å². The molecule has 0 spiro atoms. The van der Waals surface area contributed by atoms with Crippen LogP contribution in [0.3, 0.4) is 0 Å². The van der Waals surface area contributed by atoms with Gasteiger partial charge in [0.25, 0.3) is 0 Å². The molecule has 31 heavy (non-hydrogen) atoms. The predicted molar refractivity (Wildman–Crippen MR) is 137 cm³/mol. The third-order valence-corrected chi connectivity index (χ3v) is 5.82. The SMILES string of the molecule is Oc1c(I)cc(I)cc1/C=N/Nc1nc(Nc2ccccc2)nc(N2CCOCC2)n1. The van der Waals surface area contributed by atoms with Crippen molar-refractivity contribution in [2.45, 2.75) is 0 Å². The van der Waals surface area contributed by atoms with E-state index in [9.17, 15) is 5.11 Å². The van der Waals surface area contributed by atoms with Crippen LogP contribution in [0.2, 0.25) is 0 Å². The molecule has 1 aliphatic rings. The minimum atomic E-state index is 0.183. The summed E-state index contributed by atoms with van der Waals surface area (Å²) < 4.78 is 7.19. The normalized spacial score (nSPS) is 14.1. The minimum Gasteiger partial charge on any atom is -0.506 e. The van der Waals surface area contributed by atoms with E-state index in [1.54, 1.807) is 6.21 Å². The van der Waals surface area contributed by atoms with Gasteiger partial charge >= 0.3 is 0 Å². The van der Waals surface area contributed by atoms with Gasteiger partial charge in [-0.05, 0) is 69.4 Å². The summed E-state index contributed by atoms with van der Waals surface area (Å²) in [6, 6.07) is 13.4. The zero-order chi connectivity index (χ0) is 21.6. The molecule has 2 heterocycles. The molecular formula is C20H19I2N7O2. The highest BCUT2D eigenvalue weighted by Crippen LogP contribution is 2.26. The van der Waals surface area contributed by atoms with E-state index in [2.05, 4.69) is 76.0 Å². The van der Waals surface area contributed by atoms with Crippen LogP contribution in [0, 0.1) is 7.14 Å². The lowest BCUT2D eigenvalue weighted by Gasteiger charge is -2.27. The van der Waals surface area contributed by atoms with Crippen LogP contribution < -0.4 is 15.6 Å². The minimum absolute atomic E-state index is 0.183. The molecule has 0 unspecified atom stereocenters. The molecule has 1 fully saturated rings. The smallest absolute Gasteiger partial charge is 0.250 e. The van der Waals surface area contributed by atoms with Crippen LogP contribution >= 0.6 is 45.2 Å². The van der Waals surface area contributed by atoms with Crippen molar-refractivity contribution in [2.24, 2.45) is 5.10 Å². The monoisotopic (exact) mass is 643 g/mol. The predicted octanol–water partition coefficient (Wildman–Crippen LogP) is 3.81. The van der Waals surface area contributed by atoms with Crippen molar-refractivity contribution in [2.75, 3.05) is 41.9 Å². The molecule has 3 aromatic rings. The Labute approximate surface area is 206 Å². The molecule has 4 rings (SSSR count). The van der Waals surface area contributed by atoms with E-state index in [0.29, 0.717) is 49.7 Å². The molecule has 0 aliphatic carbocycles. The fraction of sp³-hybridized carbons (Fsp3) is 0.200. The van der Waals surface area contributed by atoms with Gasteiger partial charge in [0, 0.05) is 27.9 Å². The van der Waals surface area contributed by atoms with Gasteiger partial charge in [-0.1, -0.05) is 18.2 Å². The zero-order valence-corrected chi connectivity index (χ0v) is 20.6. The molecule has 2 aromatic carbocycles. The maximum absolute atomic E-state index is 10.2. The van der Waals surface area contributed by atoms with Crippen molar-refractivity contribution in [1.82, 2.24) is 15.0 Å². The van der Waals surface area contributed by atoms with Crippen LogP contribution in [0.25, 0.3) is 0 Å². The van der Waals surface area contributed by atoms with Crippen LogP contribution in [0.15, 0.2) is 47.6 Å². The summed E-state index contributed by atoms with van der Waals surface area (Å²) in [7, 11) is 0. The number of benzene rings is 2. The number of anilines is 4. The highest BCUT2D eigenvalue weighted by molar-refractivity contribution is 14.1. The van der Waals surface area contributed by atoms with Gasteiger partial charge in [-0.2, -0.15) is 20.1 Å². The summed E-state index contributed by atoms with van der Waals surface area (Å²) in [5.74, 6) is 1.43. The highest BCUT2D eigenvalue weighted by Gasteiger charge is 2.16. The maximum atomic E-state index is 10.2. The Hall–Kier alpha value is -2.26. The van der Waals surface area contributed by atoms with Crippen LogP contribution in [-0.4, -0.2) is 52.6 Å². The molecule has 0 radical (unpaired) electrons. The summed E-state index contributed by atoms with van der Waals surface area (Å²) in [6.45, 7) is 2.65. The van der Waals surface area contributed by atoms with E-state index in [1.807, 2.05) is 47.4 Å². The number of hydrazone groups is 1. The van der Waals surface area contributed by atoms with Crippen molar-refractivity contribution in [3.8, 4) is 5.75 Å². The summed E-state index contributed by atoms with van der Waals surface area (Å²) >= 11 is 4.29. The van der Waals surface area contributed by atoms with E-state index in [-0.39, 0.29) is 5.75 Å². The van der Waals surface area contributed by atoms with Crippen LogP contribution in [0.4, 0.5) is 23.5 Å². The fourth-order valence-electron chi connectivity index (χ4n) is 2.87. The molecule has 0 saturated carbocycles. The largest absolute Gasteiger partial charge is 0.506 e. The molecule has 0 atom stereocenters. The standard InChI is InChI=1S/C20H19I2N7O2/c21-14-10-13(17(30)16(22)11-14)12-23-28-19-25-18(24-15-4-2-1-3-5-15)26-20(27-19)29-6-8-31-9-7-29/h1-5,10-12,30H,6-9H2,(H2,24,25,26,27,28)/b23-12+. The van der Waals surface area contributed by atoms with Gasteiger partial charge in [0.05, 0.1) is 23.0 Å². The molecule has 160 valence electrons. The van der Waals surface area contributed by atoms with Gasteiger partial charge in [0.1, 0.15) is 5.75 Å². The van der Waals surface area contributed by atoms with E-state index in [1.165, 1.54) is 0 Å². The van der Waals surface area contributed by atoms with E-state index < -0.39 is 0 Å². The van der Waals surface area contributed by atoms with E-state index >= 15 is 0 Å². The second-order valence-corrected chi connectivity index (χ2v) is 8.98. The first kappa shape index (κ1) is 22.0. The fourth-order valence-corrected chi connectivity index (χ4v) is 4.76. The lowest BCUT2D eigenvalue weighted by Crippen LogP contribution is -2.37. The number of morpholine rings is 1. The Morgan fingerprint density at radius 1 is 1.03 bits per heavy atom. The molecule has 11 heteroatoms. The second-order valence-electron chi connectivity index (χ2n) is 6.57. The van der Waals surface area contributed by atoms with E-state index in [0.717, 1.165) is 12.8 Å². The number of phenolic OH excluding ortho intramolecular Hbond substituents is 1. The molecule has 1 aliphatic heterocycles. The highest BCUT2D eigenvalue weighted by atomic mass is 127. The number of halogens is 2. The third-order valence-electron chi connectivity index (χ3n) is 4.37. The molecule has 1 aromatic heterocycles. The summed E-state index contributed by atoms with van der Waals surface area (Å²) in [5, 5.41) is 17.7. The molecule has 0 bridgehead atoms. The number of nitrogens with zero attached hydrogens (tertiary/aromatic N) is 5. The molecule has 1 saturated heterocycles. The number of aromatic hydroxyl groups is 1. The summed E-state index contributed by atoms with van der Waals surface area (Å²) in [4.78, 5) is 15.5. The lowest BCUT2D eigenvalue weighted by molar-refractivity contribution is 0.122. The van der Waals surface area contributed by atoms with Crippen LogP contribution in [0.1, 0.15) is 5.56 Å². The summed E-state index contributed by atoms with van der Waals surface area (Å²) in [6.07, 6.45) is 1.54. The van der Waals surface area contributed by atoms with Crippen molar-refractivity contribution in [3.63, 3.8) is 0 Å². The third kappa shape index (κ3) is 5.92. The first-order valence-electron chi connectivity index (χ1n) is 9.46. The lowest BCUT2D eigenvalue weighted by atomic mass is 10.2. The number of rotatable bonds is 6. The van der Waals surface area contributed by atoms with Crippen molar-refractivity contribution >= 4 is 74.9 Å². The van der Waals surface area contributed by atoms with Crippen molar-refractivity contribution < 1.29 is 9.84 Å². The van der Waals surface area contributed by atoms with Gasteiger partial charge in [0.2, 0.25) is 17.8 Å². The molecule has 0 amide bonds. The summed E-state index contributed by atoms with van der Waals surface area (Å²) in [5.41, 5.74) is 4.33. The van der Waals surface area contributed by atoms with Gasteiger partial charge in [-0.25, -0.2) is 5.43 Å². The number of phenols is 1. The first-order chi connectivity index (χ1) is 15.1. The first-order valence-corrected chi connectivity index (χ1v) is 11.6. The Kier molecular flexibility index (Phi) is 7.34. The number of nitrogens with one attached hydrogen (secondary N) is 2. The topological polar surface area (TPSA) is 108 Å². The van der Waals surface area contributed by atoms with Gasteiger partial charge < -0.3 is 20.1 Å². The average molecular weight is 643 g/mol. The van der Waals surface area contributed by atoms with Crippen LogP contribution in [-0.2, 0) is 4.74 Å².